The minimum absolute atomic E-state index is 0.0184. The van der Waals surface area contributed by atoms with Crippen LogP contribution in [-0.4, -0.2) is 24.3 Å². The van der Waals surface area contributed by atoms with Crippen molar-refractivity contribution < 1.29 is 13.2 Å². The molecular formula is C20H19BrN4O3S. The van der Waals surface area contributed by atoms with Crippen LogP contribution in [0.25, 0.3) is 0 Å². The number of benzene rings is 2. The Morgan fingerprint density at radius 2 is 1.55 bits per heavy atom. The highest BCUT2D eigenvalue weighted by atomic mass is 79.9. The van der Waals surface area contributed by atoms with E-state index in [9.17, 15) is 13.2 Å². The van der Waals surface area contributed by atoms with Crippen LogP contribution >= 0.6 is 15.9 Å². The number of halogens is 1. The van der Waals surface area contributed by atoms with Gasteiger partial charge in [0.25, 0.3) is 15.9 Å². The number of carbonyl (C=O) groups excluding carboxylic acids is 1. The number of anilines is 2. The van der Waals surface area contributed by atoms with E-state index in [1.807, 2.05) is 13.0 Å². The summed E-state index contributed by atoms with van der Waals surface area (Å²) in [4.78, 5) is 20.6. The van der Waals surface area contributed by atoms with E-state index in [1.165, 1.54) is 24.3 Å². The minimum Gasteiger partial charge on any atom is -0.322 e. The lowest BCUT2D eigenvalue weighted by atomic mass is 10.1. The molecule has 0 radical (unpaired) electrons. The van der Waals surface area contributed by atoms with Crippen molar-refractivity contribution in [1.29, 1.82) is 0 Å². The first-order valence-corrected chi connectivity index (χ1v) is 10.9. The van der Waals surface area contributed by atoms with Crippen LogP contribution in [0.4, 0.5) is 11.6 Å². The number of hydrogen-bond donors (Lipinski definition) is 2. The number of amides is 1. The third-order valence-corrected chi connectivity index (χ3v) is 6.26. The van der Waals surface area contributed by atoms with Gasteiger partial charge in [-0.25, -0.2) is 23.1 Å². The molecule has 0 atom stereocenters. The standard InChI is InChI=1S/C20H19BrN4O3S/c1-12-4-5-15(11-18(12)21)19(26)24-16-6-8-17(9-7-16)29(27,28)25-20-22-13(2)10-14(3)23-20/h4-11H,1-3H3,(H,24,26)(H,22,23,25). The lowest BCUT2D eigenvalue weighted by Crippen LogP contribution is -2.16. The molecule has 0 aliphatic rings. The van der Waals surface area contributed by atoms with Crippen molar-refractivity contribution in [2.75, 3.05) is 10.0 Å². The van der Waals surface area contributed by atoms with Crippen LogP contribution in [0.1, 0.15) is 27.3 Å². The normalized spacial score (nSPS) is 11.2. The van der Waals surface area contributed by atoms with Crippen LogP contribution in [0.3, 0.4) is 0 Å². The number of nitrogens with one attached hydrogen (secondary N) is 2. The predicted octanol–water partition coefficient (Wildman–Crippen LogP) is 4.22. The molecule has 0 spiro atoms. The average molecular weight is 475 g/mol. The molecule has 1 heterocycles. The first-order chi connectivity index (χ1) is 13.6. The monoisotopic (exact) mass is 474 g/mol. The second kappa shape index (κ2) is 8.30. The summed E-state index contributed by atoms with van der Waals surface area (Å²) in [6.07, 6.45) is 0. The fourth-order valence-electron chi connectivity index (χ4n) is 2.61. The molecule has 1 amide bonds. The van der Waals surface area contributed by atoms with Crippen molar-refractivity contribution in [3.8, 4) is 0 Å². The van der Waals surface area contributed by atoms with Crippen molar-refractivity contribution in [2.45, 2.75) is 25.7 Å². The van der Waals surface area contributed by atoms with E-state index in [1.54, 1.807) is 32.0 Å². The van der Waals surface area contributed by atoms with Crippen molar-refractivity contribution in [3.63, 3.8) is 0 Å². The Bertz CT molecular complexity index is 1160. The SMILES string of the molecule is Cc1cc(C)nc(NS(=O)(=O)c2ccc(NC(=O)c3ccc(C)c(Br)c3)cc2)n1. The molecule has 0 fully saturated rings. The lowest BCUT2D eigenvalue weighted by molar-refractivity contribution is 0.102. The van der Waals surface area contributed by atoms with Crippen molar-refractivity contribution in [3.05, 3.63) is 75.5 Å². The Morgan fingerprint density at radius 3 is 2.14 bits per heavy atom. The smallest absolute Gasteiger partial charge is 0.264 e. The summed E-state index contributed by atoms with van der Waals surface area (Å²) >= 11 is 3.40. The summed E-state index contributed by atoms with van der Waals surface area (Å²) in [5.41, 5.74) is 3.32. The lowest BCUT2D eigenvalue weighted by Gasteiger charge is -2.10. The van der Waals surface area contributed by atoms with E-state index in [2.05, 4.69) is 35.9 Å². The Hall–Kier alpha value is -2.78. The minimum atomic E-state index is -3.85. The van der Waals surface area contributed by atoms with E-state index in [0.717, 1.165) is 10.0 Å². The second-order valence-corrected chi connectivity index (χ2v) is 9.06. The third-order valence-electron chi connectivity index (χ3n) is 4.06. The van der Waals surface area contributed by atoms with Crippen LogP contribution in [0, 0.1) is 20.8 Å². The molecule has 0 unspecified atom stereocenters. The topological polar surface area (TPSA) is 101 Å². The molecular weight excluding hydrogens is 456 g/mol. The summed E-state index contributed by atoms with van der Waals surface area (Å²) < 4.78 is 28.3. The molecule has 0 saturated heterocycles. The van der Waals surface area contributed by atoms with Crippen LogP contribution in [0.15, 0.2) is 57.9 Å². The number of aromatic nitrogens is 2. The average Bonchev–Trinajstić information content (AvgIpc) is 2.63. The Kier molecular flexibility index (Phi) is 5.99. The molecule has 0 aliphatic carbocycles. The van der Waals surface area contributed by atoms with Crippen LogP contribution in [0.5, 0.6) is 0 Å². The number of aryl methyl sites for hydroxylation is 3. The van der Waals surface area contributed by atoms with Gasteiger partial charge in [-0.1, -0.05) is 22.0 Å². The number of hydrogen-bond acceptors (Lipinski definition) is 5. The van der Waals surface area contributed by atoms with Crippen LogP contribution in [-0.2, 0) is 10.0 Å². The van der Waals surface area contributed by atoms with Crippen LogP contribution in [0.2, 0.25) is 0 Å². The van der Waals surface area contributed by atoms with E-state index >= 15 is 0 Å². The molecule has 1 aromatic heterocycles. The molecule has 2 N–H and O–H groups in total. The Morgan fingerprint density at radius 1 is 0.931 bits per heavy atom. The van der Waals surface area contributed by atoms with Gasteiger partial charge < -0.3 is 5.32 Å². The largest absolute Gasteiger partial charge is 0.322 e. The number of rotatable bonds is 5. The molecule has 3 rings (SSSR count). The van der Waals surface area contributed by atoms with E-state index in [-0.39, 0.29) is 16.8 Å². The first-order valence-electron chi connectivity index (χ1n) is 8.67. The van der Waals surface area contributed by atoms with Gasteiger partial charge in [0.1, 0.15) is 0 Å². The van der Waals surface area contributed by atoms with Gasteiger partial charge in [-0.2, -0.15) is 0 Å². The Labute approximate surface area is 177 Å². The van der Waals surface area contributed by atoms with Gasteiger partial charge in [-0.05, 0) is 68.8 Å². The fourth-order valence-corrected chi connectivity index (χ4v) is 3.93. The summed E-state index contributed by atoms with van der Waals surface area (Å²) in [7, 11) is -3.85. The summed E-state index contributed by atoms with van der Waals surface area (Å²) in [6, 6.07) is 12.9. The van der Waals surface area contributed by atoms with Crippen molar-refractivity contribution >= 4 is 43.5 Å². The second-order valence-electron chi connectivity index (χ2n) is 6.52. The molecule has 3 aromatic rings. The van der Waals surface area contributed by atoms with Crippen LogP contribution < -0.4 is 10.0 Å². The number of sulfonamides is 1. The van der Waals surface area contributed by atoms with Gasteiger partial charge in [-0.3, -0.25) is 4.79 Å². The highest BCUT2D eigenvalue weighted by molar-refractivity contribution is 9.10. The fraction of sp³-hybridized carbons (Fsp3) is 0.150. The summed E-state index contributed by atoms with van der Waals surface area (Å²) in [5.74, 6) is -0.270. The quantitative estimate of drug-likeness (QED) is 0.576. The van der Waals surface area contributed by atoms with Gasteiger partial charge in [0.15, 0.2) is 0 Å². The summed E-state index contributed by atoms with van der Waals surface area (Å²) in [6.45, 7) is 5.45. The van der Waals surface area contributed by atoms with Gasteiger partial charge in [-0.15, -0.1) is 0 Å². The molecule has 2 aromatic carbocycles. The van der Waals surface area contributed by atoms with E-state index in [0.29, 0.717) is 22.6 Å². The zero-order valence-electron chi connectivity index (χ0n) is 16.0. The van der Waals surface area contributed by atoms with E-state index < -0.39 is 10.0 Å². The maximum Gasteiger partial charge on any atom is 0.264 e. The van der Waals surface area contributed by atoms with Crippen molar-refractivity contribution in [1.82, 2.24) is 9.97 Å². The highest BCUT2D eigenvalue weighted by Gasteiger charge is 2.16. The zero-order valence-corrected chi connectivity index (χ0v) is 18.4. The Balaban J connectivity index is 1.74. The summed E-state index contributed by atoms with van der Waals surface area (Å²) in [5, 5.41) is 2.75. The van der Waals surface area contributed by atoms with E-state index in [4.69, 9.17) is 0 Å². The molecule has 150 valence electrons. The predicted molar refractivity (Wildman–Crippen MR) is 116 cm³/mol. The maximum atomic E-state index is 12.6. The molecule has 7 nitrogen and oxygen atoms in total. The molecule has 0 bridgehead atoms. The van der Waals surface area contributed by atoms with Gasteiger partial charge in [0, 0.05) is 27.1 Å². The number of carbonyl (C=O) groups is 1. The number of nitrogens with zero attached hydrogens (tertiary/aromatic N) is 2. The highest BCUT2D eigenvalue weighted by Crippen LogP contribution is 2.20. The zero-order chi connectivity index (χ0) is 21.2. The van der Waals surface area contributed by atoms with Gasteiger partial charge in [0.2, 0.25) is 5.95 Å². The molecule has 29 heavy (non-hydrogen) atoms. The maximum absolute atomic E-state index is 12.6. The van der Waals surface area contributed by atoms with Crippen molar-refractivity contribution in [2.24, 2.45) is 0 Å². The third kappa shape index (κ3) is 5.18. The molecule has 0 saturated carbocycles. The molecule has 9 heteroatoms. The van der Waals surface area contributed by atoms with Gasteiger partial charge in [0.05, 0.1) is 4.90 Å². The molecule has 0 aliphatic heterocycles. The van der Waals surface area contributed by atoms with Gasteiger partial charge >= 0.3 is 0 Å². The first kappa shape index (κ1) is 20.9.